The van der Waals surface area contributed by atoms with E-state index >= 15 is 0 Å². The predicted octanol–water partition coefficient (Wildman–Crippen LogP) is 5.87. The first kappa shape index (κ1) is 73.8. The fourth-order valence-corrected chi connectivity index (χ4v) is 10.8. The molecule has 0 aromatic rings. The number of amides is 10. The van der Waals surface area contributed by atoms with Gasteiger partial charge in [0.2, 0.25) is 59.6 Å². The number of rotatable bonds is 38. The summed E-state index contributed by atoms with van der Waals surface area (Å²) in [7, 11) is 4.12. The van der Waals surface area contributed by atoms with E-state index in [2.05, 4.69) is 75.4 Å². The van der Waals surface area contributed by atoms with Crippen molar-refractivity contribution in [2.24, 2.45) is 17.8 Å². The van der Waals surface area contributed by atoms with Crippen molar-refractivity contribution in [2.75, 3.05) is 27.2 Å². The monoisotopic (exact) mass is 1170 g/mol. The van der Waals surface area contributed by atoms with Crippen molar-refractivity contribution in [1.82, 2.24) is 57.2 Å². The molecule has 21 heteroatoms. The molecule has 1 saturated carbocycles. The number of nitrogens with zero attached hydrogens (tertiary/aromatic N) is 3. The number of carbonyl (C=O) groups excluding carboxylic acids is 10. The Bertz CT molecular complexity index is 2100. The molecule has 1 heterocycles. The summed E-state index contributed by atoms with van der Waals surface area (Å²) in [6.07, 6.45) is 14.7. The lowest BCUT2D eigenvalue weighted by Crippen LogP contribution is -2.65. The molecule has 83 heavy (non-hydrogen) atoms. The number of hydrogen-bond acceptors (Lipinski definition) is 11. The summed E-state index contributed by atoms with van der Waals surface area (Å²) in [5, 5.41) is 22.7. The van der Waals surface area contributed by atoms with E-state index in [0.29, 0.717) is 51.1 Å². The van der Waals surface area contributed by atoms with Crippen LogP contribution in [0.3, 0.4) is 0 Å². The fraction of sp³-hybridized carbons (Fsp3) is 0.839. The Morgan fingerprint density at radius 3 is 1.55 bits per heavy atom. The molecule has 1 aliphatic heterocycles. The van der Waals surface area contributed by atoms with Crippen LogP contribution < -0.4 is 42.5 Å². The van der Waals surface area contributed by atoms with Gasteiger partial charge < -0.3 is 57.2 Å². The van der Waals surface area contributed by atoms with Crippen molar-refractivity contribution in [2.45, 2.75) is 291 Å². The van der Waals surface area contributed by atoms with Crippen molar-refractivity contribution >= 4 is 59.6 Å². The van der Waals surface area contributed by atoms with Gasteiger partial charge >= 0.3 is 0 Å². The zero-order valence-corrected chi connectivity index (χ0v) is 54.0. The van der Waals surface area contributed by atoms with Crippen LogP contribution >= 0.6 is 0 Å². The minimum atomic E-state index is -1.63. The summed E-state index contributed by atoms with van der Waals surface area (Å²) < 4.78 is 0. The molecule has 0 aromatic heterocycles. The summed E-state index contributed by atoms with van der Waals surface area (Å²) in [6.45, 7) is 25.0. The topological polar surface area (TPSA) is 277 Å². The summed E-state index contributed by atoms with van der Waals surface area (Å²) in [5.41, 5.74) is -4.64. The molecule has 476 valence electrons. The van der Waals surface area contributed by atoms with Crippen LogP contribution in [-0.2, 0) is 47.9 Å². The lowest BCUT2D eigenvalue weighted by molar-refractivity contribution is -0.146. The molecular weight excluding hydrogens is 1060 g/mol. The Morgan fingerprint density at radius 2 is 1.04 bits per heavy atom. The summed E-state index contributed by atoms with van der Waals surface area (Å²) in [4.78, 5) is 143. The van der Waals surface area contributed by atoms with Gasteiger partial charge in [0.05, 0.1) is 0 Å². The lowest BCUT2D eigenvalue weighted by atomic mass is 9.90. The summed E-state index contributed by atoms with van der Waals surface area (Å²) >= 11 is 0. The van der Waals surface area contributed by atoms with Crippen molar-refractivity contribution in [3.8, 4) is 0 Å². The Morgan fingerprint density at radius 1 is 0.554 bits per heavy atom. The highest BCUT2D eigenvalue weighted by atomic mass is 16.2. The van der Waals surface area contributed by atoms with E-state index in [1.807, 2.05) is 41.5 Å². The fourth-order valence-electron chi connectivity index (χ4n) is 10.8. The first-order valence-electron chi connectivity index (χ1n) is 31.4. The maximum atomic E-state index is 14.6. The third-order valence-electron chi connectivity index (χ3n) is 15.9. The number of unbranched alkanes of at least 4 members (excludes halogenated alkanes) is 7. The molecule has 1 aliphatic carbocycles. The number of likely N-dealkylation sites (tertiary alicyclic amines) is 1. The highest BCUT2D eigenvalue weighted by molar-refractivity contribution is 5.99. The molecule has 0 spiro atoms. The van der Waals surface area contributed by atoms with Gasteiger partial charge in [0.25, 0.3) is 0 Å². The lowest BCUT2D eigenvalue weighted by Gasteiger charge is -2.38. The van der Waals surface area contributed by atoms with Gasteiger partial charge in [0, 0.05) is 38.0 Å². The van der Waals surface area contributed by atoms with Crippen LogP contribution in [0.25, 0.3) is 0 Å². The van der Waals surface area contributed by atoms with Crippen LogP contribution in [0.5, 0.6) is 0 Å². The number of nitrogens with one attached hydrogen (secondary N) is 8. The van der Waals surface area contributed by atoms with E-state index in [0.717, 1.165) is 77.0 Å². The second-order valence-electron chi connectivity index (χ2n) is 26.7. The van der Waals surface area contributed by atoms with E-state index in [1.54, 1.807) is 4.90 Å². The number of carbonyl (C=O) groups is 10. The zero-order chi connectivity index (χ0) is 62.8. The summed E-state index contributed by atoms with van der Waals surface area (Å²) in [5.74, 6) is -4.90. The molecule has 10 amide bonds. The van der Waals surface area contributed by atoms with Crippen molar-refractivity contribution in [1.29, 1.82) is 0 Å². The maximum absolute atomic E-state index is 14.6. The molecule has 21 nitrogen and oxygen atoms in total. The van der Waals surface area contributed by atoms with Crippen molar-refractivity contribution < 1.29 is 47.9 Å². The molecule has 2 aliphatic rings. The van der Waals surface area contributed by atoms with Crippen LogP contribution in [0.2, 0.25) is 0 Å². The quantitative estimate of drug-likeness (QED) is 0.0268. The molecule has 5 atom stereocenters. The molecule has 1 saturated heterocycles. The van der Waals surface area contributed by atoms with E-state index in [4.69, 9.17) is 0 Å². The zero-order valence-electron chi connectivity index (χ0n) is 54.0. The third kappa shape index (κ3) is 25.8. The first-order chi connectivity index (χ1) is 38.8. The van der Waals surface area contributed by atoms with Crippen LogP contribution in [0.1, 0.15) is 232 Å². The minimum Gasteiger partial charge on any atom is -0.354 e. The van der Waals surface area contributed by atoms with Crippen LogP contribution in [0.15, 0.2) is 0 Å². The number of hydrogen-bond donors (Lipinski definition) is 8. The molecule has 2 fully saturated rings. The van der Waals surface area contributed by atoms with Crippen LogP contribution in [0.4, 0.5) is 0 Å². The van der Waals surface area contributed by atoms with E-state index < -0.39 is 88.3 Å². The third-order valence-corrected chi connectivity index (χ3v) is 15.9. The molecule has 2 rings (SSSR count). The Balaban J connectivity index is 2.23. The second-order valence-corrected chi connectivity index (χ2v) is 26.7. The largest absolute Gasteiger partial charge is 0.354 e. The van der Waals surface area contributed by atoms with Gasteiger partial charge in [0.15, 0.2) is 0 Å². The van der Waals surface area contributed by atoms with Gasteiger partial charge in [0.1, 0.15) is 46.9 Å². The minimum absolute atomic E-state index is 0.0484. The van der Waals surface area contributed by atoms with Crippen LogP contribution in [0, 0.1) is 17.8 Å². The molecule has 0 radical (unpaired) electrons. The van der Waals surface area contributed by atoms with E-state index in [-0.39, 0.29) is 67.8 Å². The van der Waals surface area contributed by atoms with Gasteiger partial charge in [-0.15, -0.1) is 0 Å². The second kappa shape index (κ2) is 35.8. The SMILES string of the molecule is CCCCCCCC[C@@H](C(=O)N[C@@H](CC(C)C)C(=O)NC(C)(C)C(=O)N[C@@H](CC(C)C)C(=O)N[C@@H](CC(C)C)C(=O)NC(C)(C)C(=O)NC(C)(C)C(=O)NCCC(=O)NC1CCC(N(C)C)CC1)N(C=O)[C@@H]1CCCN1C(=O)CCCCC. The highest BCUT2D eigenvalue weighted by Crippen LogP contribution is 2.27. The molecule has 8 N–H and O–H groups in total. The molecule has 0 bridgehead atoms. The Hall–Kier alpha value is -5.34. The van der Waals surface area contributed by atoms with E-state index in [1.165, 1.54) is 46.4 Å². The van der Waals surface area contributed by atoms with Crippen molar-refractivity contribution in [3.05, 3.63) is 0 Å². The average Bonchev–Trinajstić information content (AvgIpc) is 4.18. The van der Waals surface area contributed by atoms with Crippen molar-refractivity contribution in [3.63, 3.8) is 0 Å². The molecule has 0 aromatic carbocycles. The van der Waals surface area contributed by atoms with Gasteiger partial charge in [-0.2, -0.15) is 0 Å². The Kier molecular flexibility index (Phi) is 31.8. The summed E-state index contributed by atoms with van der Waals surface area (Å²) in [6, 6.07) is -3.80. The van der Waals surface area contributed by atoms with Gasteiger partial charge in [-0.1, -0.05) is 107 Å². The van der Waals surface area contributed by atoms with Gasteiger partial charge in [-0.05, 0) is 144 Å². The normalized spacial score (nSPS) is 18.2. The van der Waals surface area contributed by atoms with Crippen LogP contribution in [-0.4, -0.2) is 160 Å². The smallest absolute Gasteiger partial charge is 0.246 e. The van der Waals surface area contributed by atoms with Gasteiger partial charge in [-0.25, -0.2) is 0 Å². The standard InChI is InChI=1S/C62H113N11O10/c1-17-19-21-22-23-25-27-49(73(40-74)51-28-26-36-72(51)52(76)29-24-20-18-2)56(80)66-48(39-43(7)8)55(79)68-61(11,12)58(82)67-46(37-41(3)4)53(77)65-47(38-42(5)6)54(78)69-62(13,14)59(83)70-60(9,10)57(81)63-35-34-50(75)64-44-30-32-45(33-31-44)71(15)16/h40-49,51H,17-39H2,1-16H3,(H,63,81)(H,64,75)(H,65,77)(H,66,80)(H,67,82)(H,68,79)(H,69,78)(H,70,83)/t44?,45?,46-,47-,48-,49-,51+/m0/s1. The predicted molar refractivity (Wildman–Crippen MR) is 325 cm³/mol. The molecular formula is C62H113N11O10. The van der Waals surface area contributed by atoms with Gasteiger partial charge in [-0.3, -0.25) is 47.9 Å². The van der Waals surface area contributed by atoms with E-state index in [9.17, 15) is 47.9 Å². The maximum Gasteiger partial charge on any atom is 0.246 e. The highest BCUT2D eigenvalue weighted by Gasteiger charge is 2.42. The Labute approximate surface area is 498 Å². The average molecular weight is 1170 g/mol. The molecule has 0 unspecified atom stereocenters. The first-order valence-corrected chi connectivity index (χ1v) is 31.4.